The molecule has 1 aromatic carbocycles. The fourth-order valence-electron chi connectivity index (χ4n) is 1.85. The van der Waals surface area contributed by atoms with E-state index in [2.05, 4.69) is 15.3 Å². The fourth-order valence-corrected chi connectivity index (χ4v) is 1.85. The number of benzene rings is 1. The van der Waals surface area contributed by atoms with Crippen molar-refractivity contribution in [2.45, 2.75) is 12.8 Å². The summed E-state index contributed by atoms with van der Waals surface area (Å²) in [6, 6.07) is 5.24. The molecule has 6 nitrogen and oxygen atoms in total. The first-order valence-corrected chi connectivity index (χ1v) is 6.48. The average Bonchev–Trinajstić information content (AvgIpc) is 2.53. The molecule has 0 saturated heterocycles. The highest BCUT2D eigenvalue weighted by Gasteiger charge is 2.07. The molecule has 1 N–H and O–H groups in total. The summed E-state index contributed by atoms with van der Waals surface area (Å²) in [6.07, 6.45) is 5.84. The van der Waals surface area contributed by atoms with Crippen LogP contribution in [-0.2, 0) is 11.2 Å². The van der Waals surface area contributed by atoms with Gasteiger partial charge >= 0.3 is 0 Å². The molecule has 2 aromatic rings. The second kappa shape index (κ2) is 7.23. The lowest BCUT2D eigenvalue weighted by Gasteiger charge is -2.10. The van der Waals surface area contributed by atoms with Gasteiger partial charge in [0.2, 0.25) is 5.91 Å². The third kappa shape index (κ3) is 4.17. The molecule has 1 amide bonds. The smallest absolute Gasteiger partial charge is 0.224 e. The first-order chi connectivity index (χ1) is 10.2. The molecule has 0 radical (unpaired) electrons. The molecule has 0 aliphatic rings. The van der Waals surface area contributed by atoms with Crippen LogP contribution < -0.4 is 14.8 Å². The number of anilines is 1. The molecule has 0 atom stereocenters. The maximum atomic E-state index is 11.9. The minimum atomic E-state index is -0.0777. The van der Waals surface area contributed by atoms with E-state index in [4.69, 9.17) is 9.47 Å². The predicted molar refractivity (Wildman–Crippen MR) is 78.5 cm³/mol. The van der Waals surface area contributed by atoms with Gasteiger partial charge in [-0.05, 0) is 24.1 Å². The van der Waals surface area contributed by atoms with Crippen LogP contribution in [0.3, 0.4) is 0 Å². The van der Waals surface area contributed by atoms with E-state index in [1.807, 2.05) is 0 Å². The van der Waals surface area contributed by atoms with E-state index in [1.54, 1.807) is 44.8 Å². The molecule has 21 heavy (non-hydrogen) atoms. The third-order valence-electron chi connectivity index (χ3n) is 2.92. The van der Waals surface area contributed by atoms with Gasteiger partial charge in [0.1, 0.15) is 6.33 Å². The second-order valence-corrected chi connectivity index (χ2v) is 4.36. The lowest BCUT2D eigenvalue weighted by Crippen LogP contribution is -2.12. The Balaban J connectivity index is 1.93. The molecule has 0 aliphatic heterocycles. The van der Waals surface area contributed by atoms with Crippen LogP contribution in [0.5, 0.6) is 11.5 Å². The molecular weight excluding hydrogens is 270 g/mol. The molecule has 1 heterocycles. The maximum absolute atomic E-state index is 11.9. The van der Waals surface area contributed by atoms with Crippen molar-refractivity contribution in [1.29, 1.82) is 0 Å². The monoisotopic (exact) mass is 287 g/mol. The summed E-state index contributed by atoms with van der Waals surface area (Å²) in [6.45, 7) is 0. The number of hydrogen-bond acceptors (Lipinski definition) is 5. The first-order valence-electron chi connectivity index (χ1n) is 6.48. The van der Waals surface area contributed by atoms with E-state index in [-0.39, 0.29) is 5.91 Å². The number of rotatable bonds is 6. The highest BCUT2D eigenvalue weighted by molar-refractivity contribution is 5.91. The van der Waals surface area contributed by atoms with Gasteiger partial charge in [-0.1, -0.05) is 0 Å². The van der Waals surface area contributed by atoms with Gasteiger partial charge in [0, 0.05) is 30.6 Å². The van der Waals surface area contributed by atoms with Crippen molar-refractivity contribution >= 4 is 11.6 Å². The summed E-state index contributed by atoms with van der Waals surface area (Å²) < 4.78 is 10.3. The summed E-state index contributed by atoms with van der Waals surface area (Å²) in [5.74, 6) is 1.12. The van der Waals surface area contributed by atoms with Crippen LogP contribution in [0, 0.1) is 0 Å². The molecule has 6 heteroatoms. The molecule has 0 saturated carbocycles. The van der Waals surface area contributed by atoms with Crippen LogP contribution in [0.4, 0.5) is 5.69 Å². The van der Waals surface area contributed by atoms with Crippen molar-refractivity contribution in [3.63, 3.8) is 0 Å². The number of carbonyl (C=O) groups is 1. The zero-order chi connectivity index (χ0) is 15.1. The van der Waals surface area contributed by atoms with Gasteiger partial charge in [0.05, 0.1) is 14.2 Å². The van der Waals surface area contributed by atoms with Gasteiger partial charge in [-0.25, -0.2) is 9.97 Å². The lowest BCUT2D eigenvalue weighted by atomic mass is 10.2. The van der Waals surface area contributed by atoms with Gasteiger partial charge in [-0.15, -0.1) is 0 Å². The largest absolute Gasteiger partial charge is 0.493 e. The molecule has 2 rings (SSSR count). The van der Waals surface area contributed by atoms with Crippen molar-refractivity contribution in [1.82, 2.24) is 9.97 Å². The number of carbonyl (C=O) groups excluding carboxylic acids is 1. The Hall–Kier alpha value is -2.63. The van der Waals surface area contributed by atoms with Crippen molar-refractivity contribution in [2.24, 2.45) is 0 Å². The maximum Gasteiger partial charge on any atom is 0.224 e. The number of amides is 1. The molecule has 0 fully saturated rings. The van der Waals surface area contributed by atoms with Gasteiger partial charge in [-0.3, -0.25) is 4.79 Å². The van der Waals surface area contributed by atoms with E-state index in [0.29, 0.717) is 30.0 Å². The Labute approximate surface area is 123 Å². The Kier molecular flexibility index (Phi) is 5.09. The number of ether oxygens (including phenoxy) is 2. The van der Waals surface area contributed by atoms with Gasteiger partial charge in [-0.2, -0.15) is 0 Å². The van der Waals surface area contributed by atoms with Crippen LogP contribution in [0.2, 0.25) is 0 Å². The topological polar surface area (TPSA) is 73.3 Å². The Morgan fingerprint density at radius 2 is 1.86 bits per heavy atom. The first kappa shape index (κ1) is 14.8. The molecule has 0 bridgehead atoms. The average molecular weight is 287 g/mol. The van der Waals surface area contributed by atoms with E-state index in [9.17, 15) is 4.79 Å². The van der Waals surface area contributed by atoms with Crippen LogP contribution in [-0.4, -0.2) is 30.1 Å². The summed E-state index contributed by atoms with van der Waals surface area (Å²) in [7, 11) is 3.12. The molecule has 0 spiro atoms. The molecule has 1 aromatic heterocycles. The number of aromatic nitrogens is 2. The standard InChI is InChI=1S/C15H17N3O3/c1-20-13-5-4-12(7-14(13)21-2)18-15(19)6-3-11-8-16-10-17-9-11/h4-5,7-10H,3,6H2,1-2H3,(H,18,19). The summed E-state index contributed by atoms with van der Waals surface area (Å²) in [5, 5.41) is 2.82. The molecule has 110 valence electrons. The van der Waals surface area contributed by atoms with Gasteiger partial charge in [0.25, 0.3) is 0 Å². The minimum Gasteiger partial charge on any atom is -0.493 e. The normalized spacial score (nSPS) is 10.0. The number of hydrogen-bond donors (Lipinski definition) is 1. The van der Waals surface area contributed by atoms with Crippen molar-refractivity contribution < 1.29 is 14.3 Å². The zero-order valence-corrected chi connectivity index (χ0v) is 12.0. The van der Waals surface area contributed by atoms with Gasteiger partial charge in [0.15, 0.2) is 11.5 Å². The van der Waals surface area contributed by atoms with Crippen molar-refractivity contribution in [2.75, 3.05) is 19.5 Å². The highest BCUT2D eigenvalue weighted by atomic mass is 16.5. The van der Waals surface area contributed by atoms with Crippen LogP contribution in [0.25, 0.3) is 0 Å². The van der Waals surface area contributed by atoms with Crippen LogP contribution in [0.15, 0.2) is 36.9 Å². The predicted octanol–water partition coefficient (Wildman–Crippen LogP) is 2.07. The SMILES string of the molecule is COc1ccc(NC(=O)CCc2cncnc2)cc1OC. The number of nitrogens with one attached hydrogen (secondary N) is 1. The van der Waals surface area contributed by atoms with E-state index in [0.717, 1.165) is 5.56 Å². The van der Waals surface area contributed by atoms with E-state index >= 15 is 0 Å². The van der Waals surface area contributed by atoms with E-state index < -0.39 is 0 Å². The van der Waals surface area contributed by atoms with Crippen molar-refractivity contribution in [3.8, 4) is 11.5 Å². The fraction of sp³-hybridized carbons (Fsp3) is 0.267. The molecular formula is C15H17N3O3. The third-order valence-corrected chi connectivity index (χ3v) is 2.92. The minimum absolute atomic E-state index is 0.0777. The van der Waals surface area contributed by atoms with Crippen LogP contribution in [0.1, 0.15) is 12.0 Å². The second-order valence-electron chi connectivity index (χ2n) is 4.36. The lowest BCUT2D eigenvalue weighted by molar-refractivity contribution is -0.116. The van der Waals surface area contributed by atoms with Crippen molar-refractivity contribution in [3.05, 3.63) is 42.5 Å². The highest BCUT2D eigenvalue weighted by Crippen LogP contribution is 2.29. The summed E-state index contributed by atoms with van der Waals surface area (Å²) in [5.41, 5.74) is 1.60. The van der Waals surface area contributed by atoms with E-state index in [1.165, 1.54) is 6.33 Å². The zero-order valence-electron chi connectivity index (χ0n) is 12.0. The molecule has 0 aliphatic carbocycles. The summed E-state index contributed by atoms with van der Waals surface area (Å²) >= 11 is 0. The quantitative estimate of drug-likeness (QED) is 0.880. The Bertz CT molecular complexity index is 602. The number of nitrogens with zero attached hydrogens (tertiary/aromatic N) is 2. The molecule has 0 unspecified atom stereocenters. The number of methoxy groups -OCH3 is 2. The summed E-state index contributed by atoms with van der Waals surface area (Å²) in [4.78, 5) is 19.7. The van der Waals surface area contributed by atoms with Crippen LogP contribution >= 0.6 is 0 Å². The Morgan fingerprint density at radius 1 is 1.14 bits per heavy atom. The Morgan fingerprint density at radius 3 is 2.52 bits per heavy atom. The number of aryl methyl sites for hydroxylation is 1. The van der Waals surface area contributed by atoms with Gasteiger partial charge < -0.3 is 14.8 Å².